The molecule has 0 radical (unpaired) electrons. The molecule has 1 aromatic rings. The molecule has 0 spiro atoms. The molecular weight excluding hydrogens is 236 g/mol. The van der Waals surface area contributed by atoms with Crippen molar-refractivity contribution in [3.05, 3.63) is 29.3 Å². The lowest BCUT2D eigenvalue weighted by molar-refractivity contribution is 0.156. The van der Waals surface area contributed by atoms with Gasteiger partial charge < -0.3 is 10.0 Å². The fourth-order valence-electron chi connectivity index (χ4n) is 2.93. The lowest BCUT2D eigenvalue weighted by Crippen LogP contribution is -2.36. The molecular formula is C16H26N2O. The summed E-state index contributed by atoms with van der Waals surface area (Å²) in [4.78, 5) is 4.74. The summed E-state index contributed by atoms with van der Waals surface area (Å²) in [5.41, 5.74) is 2.03. The van der Waals surface area contributed by atoms with Gasteiger partial charge in [-0.1, -0.05) is 18.2 Å². The van der Waals surface area contributed by atoms with Crippen LogP contribution in [0.25, 0.3) is 0 Å². The zero-order valence-electron chi connectivity index (χ0n) is 12.4. The smallest absolute Gasteiger partial charge is 0.122 e. The molecule has 0 atom stereocenters. The van der Waals surface area contributed by atoms with Crippen molar-refractivity contribution in [3.8, 4) is 5.75 Å². The molecule has 1 saturated heterocycles. The van der Waals surface area contributed by atoms with Crippen LogP contribution in [0.1, 0.15) is 24.0 Å². The summed E-state index contributed by atoms with van der Waals surface area (Å²) in [6, 6.07) is 6.03. The minimum absolute atomic E-state index is 0.470. The van der Waals surface area contributed by atoms with Crippen molar-refractivity contribution in [1.82, 2.24) is 9.80 Å². The number of phenolic OH excluding ortho intramolecular Hbond substituents is 1. The first-order valence-corrected chi connectivity index (χ1v) is 7.21. The molecule has 3 heteroatoms. The minimum atomic E-state index is 0.470. The number of nitrogens with zero attached hydrogens (tertiary/aromatic N) is 2. The largest absolute Gasteiger partial charge is 0.507 e. The molecule has 1 aromatic carbocycles. The van der Waals surface area contributed by atoms with Gasteiger partial charge in [0.1, 0.15) is 5.75 Å². The van der Waals surface area contributed by atoms with E-state index in [9.17, 15) is 5.11 Å². The summed E-state index contributed by atoms with van der Waals surface area (Å²) in [6.07, 6.45) is 2.54. The number of rotatable bonds is 4. The predicted molar refractivity (Wildman–Crippen MR) is 79.4 cm³/mol. The number of benzene rings is 1. The Labute approximate surface area is 116 Å². The third-order valence-corrected chi connectivity index (χ3v) is 4.05. The third-order valence-electron chi connectivity index (χ3n) is 4.05. The van der Waals surface area contributed by atoms with Crippen molar-refractivity contribution in [1.29, 1.82) is 0 Å². The summed E-state index contributed by atoms with van der Waals surface area (Å²) in [5, 5.41) is 10.1. The van der Waals surface area contributed by atoms with Crippen molar-refractivity contribution in [2.45, 2.75) is 26.3 Å². The second-order valence-electron chi connectivity index (χ2n) is 6.06. The maximum atomic E-state index is 10.1. The lowest BCUT2D eigenvalue weighted by atomic mass is 9.96. The Balaban J connectivity index is 1.87. The van der Waals surface area contributed by atoms with E-state index in [1.54, 1.807) is 0 Å². The van der Waals surface area contributed by atoms with E-state index in [0.29, 0.717) is 5.75 Å². The Hall–Kier alpha value is -1.06. The van der Waals surface area contributed by atoms with Crippen LogP contribution in [0.3, 0.4) is 0 Å². The van der Waals surface area contributed by atoms with E-state index in [1.807, 2.05) is 25.1 Å². The van der Waals surface area contributed by atoms with Crippen LogP contribution in [0.2, 0.25) is 0 Å². The summed E-state index contributed by atoms with van der Waals surface area (Å²) < 4.78 is 0. The zero-order chi connectivity index (χ0) is 13.8. The normalized spacial score (nSPS) is 18.1. The third kappa shape index (κ3) is 3.95. The van der Waals surface area contributed by atoms with E-state index in [0.717, 1.165) is 36.7 Å². The molecule has 0 aromatic heterocycles. The molecule has 19 heavy (non-hydrogen) atoms. The fraction of sp³-hybridized carbons (Fsp3) is 0.625. The van der Waals surface area contributed by atoms with Crippen LogP contribution in [-0.4, -0.2) is 48.6 Å². The predicted octanol–water partition coefficient (Wildman–Crippen LogP) is 2.47. The van der Waals surface area contributed by atoms with Crippen molar-refractivity contribution < 1.29 is 5.11 Å². The molecule has 106 valence electrons. The van der Waals surface area contributed by atoms with E-state index < -0.39 is 0 Å². The van der Waals surface area contributed by atoms with Crippen LogP contribution in [0, 0.1) is 12.8 Å². The summed E-state index contributed by atoms with van der Waals surface area (Å²) >= 11 is 0. The molecule has 0 saturated carbocycles. The van der Waals surface area contributed by atoms with E-state index in [4.69, 9.17) is 0 Å². The average molecular weight is 262 g/mol. The van der Waals surface area contributed by atoms with Gasteiger partial charge in [0.2, 0.25) is 0 Å². The summed E-state index contributed by atoms with van der Waals surface area (Å²) in [5.74, 6) is 1.30. The number of hydrogen-bond acceptors (Lipinski definition) is 3. The molecule has 1 fully saturated rings. The van der Waals surface area contributed by atoms with Crippen molar-refractivity contribution in [2.75, 3.05) is 33.7 Å². The highest BCUT2D eigenvalue weighted by atomic mass is 16.3. The van der Waals surface area contributed by atoms with Crippen molar-refractivity contribution >= 4 is 0 Å². The van der Waals surface area contributed by atoms with Gasteiger partial charge in [0.05, 0.1) is 0 Å². The van der Waals surface area contributed by atoms with Crippen LogP contribution in [0.15, 0.2) is 18.2 Å². The number of aromatic hydroxyl groups is 1. The first-order valence-electron chi connectivity index (χ1n) is 7.21. The molecule has 1 aliphatic rings. The number of aryl methyl sites for hydroxylation is 1. The Kier molecular flexibility index (Phi) is 4.83. The van der Waals surface area contributed by atoms with Gasteiger partial charge in [0.15, 0.2) is 0 Å². The van der Waals surface area contributed by atoms with Gasteiger partial charge in [-0.2, -0.15) is 0 Å². The van der Waals surface area contributed by atoms with Crippen LogP contribution < -0.4 is 0 Å². The van der Waals surface area contributed by atoms with Crippen molar-refractivity contribution in [3.63, 3.8) is 0 Å². The van der Waals surface area contributed by atoms with Gasteiger partial charge in [-0.3, -0.25) is 4.90 Å². The number of hydrogen-bond donors (Lipinski definition) is 1. The van der Waals surface area contributed by atoms with Gasteiger partial charge in [0, 0.05) is 18.7 Å². The molecule has 0 unspecified atom stereocenters. The monoisotopic (exact) mass is 262 g/mol. The standard InChI is InChI=1S/C16H26N2O/c1-13-5-4-6-15(16(13)19)12-18-9-7-14(8-10-18)11-17(2)3/h4-6,14,19H,7-12H2,1-3H3. The number of piperidine rings is 1. The van der Waals surface area contributed by atoms with Crippen LogP contribution in [0.5, 0.6) is 5.75 Å². The number of phenols is 1. The fourth-order valence-corrected chi connectivity index (χ4v) is 2.93. The molecule has 0 amide bonds. The van der Waals surface area contributed by atoms with E-state index in [-0.39, 0.29) is 0 Å². The molecule has 0 aliphatic carbocycles. The van der Waals surface area contributed by atoms with Crippen LogP contribution in [-0.2, 0) is 6.54 Å². The highest BCUT2D eigenvalue weighted by Gasteiger charge is 2.20. The quantitative estimate of drug-likeness (QED) is 0.903. The maximum Gasteiger partial charge on any atom is 0.122 e. The van der Waals surface area contributed by atoms with Crippen LogP contribution in [0.4, 0.5) is 0 Å². The molecule has 1 aliphatic heterocycles. The second kappa shape index (κ2) is 6.40. The Morgan fingerprint density at radius 1 is 1.26 bits per heavy atom. The molecule has 1 heterocycles. The van der Waals surface area contributed by atoms with E-state index >= 15 is 0 Å². The summed E-state index contributed by atoms with van der Waals surface area (Å²) in [6.45, 7) is 6.33. The highest BCUT2D eigenvalue weighted by molar-refractivity contribution is 5.39. The molecule has 1 N–H and O–H groups in total. The molecule has 2 rings (SSSR count). The number of para-hydroxylation sites is 1. The van der Waals surface area contributed by atoms with Crippen molar-refractivity contribution in [2.24, 2.45) is 5.92 Å². The number of likely N-dealkylation sites (tertiary alicyclic amines) is 1. The zero-order valence-corrected chi connectivity index (χ0v) is 12.4. The average Bonchev–Trinajstić information content (AvgIpc) is 2.37. The topological polar surface area (TPSA) is 26.7 Å². The van der Waals surface area contributed by atoms with Gasteiger partial charge >= 0.3 is 0 Å². The lowest BCUT2D eigenvalue weighted by Gasteiger charge is -2.33. The van der Waals surface area contributed by atoms with Gasteiger partial charge in [-0.25, -0.2) is 0 Å². The van der Waals surface area contributed by atoms with Crippen LogP contribution >= 0.6 is 0 Å². The van der Waals surface area contributed by atoms with Gasteiger partial charge in [-0.15, -0.1) is 0 Å². The molecule has 0 bridgehead atoms. The SMILES string of the molecule is Cc1cccc(CN2CCC(CN(C)C)CC2)c1O. The Morgan fingerprint density at radius 2 is 1.95 bits per heavy atom. The van der Waals surface area contributed by atoms with E-state index in [1.165, 1.54) is 19.4 Å². The minimum Gasteiger partial charge on any atom is -0.507 e. The highest BCUT2D eigenvalue weighted by Crippen LogP contribution is 2.25. The first-order chi connectivity index (χ1) is 9.06. The Morgan fingerprint density at radius 3 is 2.58 bits per heavy atom. The maximum absolute atomic E-state index is 10.1. The second-order valence-corrected chi connectivity index (χ2v) is 6.06. The first kappa shape index (κ1) is 14.4. The van der Waals surface area contributed by atoms with Gasteiger partial charge in [0.25, 0.3) is 0 Å². The summed E-state index contributed by atoms with van der Waals surface area (Å²) in [7, 11) is 4.30. The Bertz CT molecular complexity index is 409. The molecule has 3 nitrogen and oxygen atoms in total. The van der Waals surface area contributed by atoms with E-state index in [2.05, 4.69) is 23.9 Å². The van der Waals surface area contributed by atoms with Gasteiger partial charge in [-0.05, 0) is 58.4 Å².